The van der Waals surface area contributed by atoms with Crippen molar-refractivity contribution in [1.82, 2.24) is 4.90 Å². The number of hydrogen-bond acceptors (Lipinski definition) is 4. The summed E-state index contributed by atoms with van der Waals surface area (Å²) in [6, 6.07) is 5.14. The minimum absolute atomic E-state index is 0.0472. The van der Waals surface area contributed by atoms with Crippen LogP contribution in [-0.2, 0) is 11.0 Å². The molecule has 1 amide bonds. The van der Waals surface area contributed by atoms with Gasteiger partial charge in [0.2, 0.25) is 0 Å². The van der Waals surface area contributed by atoms with Crippen LogP contribution in [0.3, 0.4) is 0 Å². The highest BCUT2D eigenvalue weighted by Gasteiger charge is 2.36. The quantitative estimate of drug-likeness (QED) is 0.738. The Bertz CT molecular complexity index is 938. The van der Waals surface area contributed by atoms with Crippen LogP contribution in [0.1, 0.15) is 49.7 Å². The lowest BCUT2D eigenvalue weighted by molar-refractivity contribution is -0.138. The third kappa shape index (κ3) is 4.07. The second-order valence-electron chi connectivity index (χ2n) is 7.85. The predicted octanol–water partition coefficient (Wildman–Crippen LogP) is 4.27. The molecule has 0 radical (unpaired) electrons. The zero-order chi connectivity index (χ0) is 21.3. The van der Waals surface area contributed by atoms with Gasteiger partial charge in [-0.1, -0.05) is 6.08 Å². The van der Waals surface area contributed by atoms with Gasteiger partial charge >= 0.3 is 6.18 Å². The van der Waals surface area contributed by atoms with Crippen LogP contribution in [0.25, 0.3) is 0 Å². The van der Waals surface area contributed by atoms with Gasteiger partial charge in [-0.25, -0.2) is 0 Å². The van der Waals surface area contributed by atoms with E-state index in [4.69, 9.17) is 10.00 Å². The van der Waals surface area contributed by atoms with E-state index in [2.05, 4.69) is 4.99 Å². The number of halogens is 3. The molecule has 0 spiro atoms. The molecular weight excluding hydrogens is 395 g/mol. The standard InChI is InChI=1S/C22H22F3N3O2/c23-22(24,25)19-12-17(6-3-14(19)13-26)30-16-7-4-15(5-8-16)28-11-9-20-18(21(28)29)2-1-10-27-20/h2-3,6,12,15-16H,1,4-5,7-11H2/t15-,16-. The first-order valence-electron chi connectivity index (χ1n) is 10.2. The minimum Gasteiger partial charge on any atom is -0.490 e. The highest BCUT2D eigenvalue weighted by Crippen LogP contribution is 2.36. The molecule has 2 aliphatic heterocycles. The molecule has 3 aliphatic rings. The van der Waals surface area contributed by atoms with Crippen LogP contribution in [0.5, 0.6) is 5.75 Å². The fraction of sp³-hybridized carbons (Fsp3) is 0.500. The fourth-order valence-corrected chi connectivity index (χ4v) is 4.46. The maximum absolute atomic E-state index is 13.1. The zero-order valence-corrected chi connectivity index (χ0v) is 16.4. The van der Waals surface area contributed by atoms with E-state index in [0.717, 1.165) is 55.6 Å². The lowest BCUT2D eigenvalue weighted by atomic mass is 9.88. The van der Waals surface area contributed by atoms with E-state index in [1.165, 1.54) is 6.07 Å². The van der Waals surface area contributed by atoms with Crippen LogP contribution in [0, 0.1) is 11.3 Å². The Morgan fingerprint density at radius 2 is 1.97 bits per heavy atom. The van der Waals surface area contributed by atoms with Gasteiger partial charge in [0.05, 0.1) is 28.9 Å². The first kappa shape index (κ1) is 20.5. The summed E-state index contributed by atoms with van der Waals surface area (Å²) in [7, 11) is 0. The number of fused-ring (bicyclic) bond motifs is 1. The van der Waals surface area contributed by atoms with Crippen LogP contribution in [-0.4, -0.2) is 41.8 Å². The first-order valence-corrected chi connectivity index (χ1v) is 10.2. The molecule has 0 unspecified atom stereocenters. The van der Waals surface area contributed by atoms with Crippen molar-refractivity contribution in [2.75, 3.05) is 13.1 Å². The largest absolute Gasteiger partial charge is 0.490 e. The Labute approximate surface area is 172 Å². The van der Waals surface area contributed by atoms with Crippen LogP contribution in [0.4, 0.5) is 13.2 Å². The molecule has 1 saturated heterocycles. The number of nitrogens with zero attached hydrogens (tertiary/aromatic N) is 3. The van der Waals surface area contributed by atoms with E-state index in [1.807, 2.05) is 11.0 Å². The van der Waals surface area contributed by atoms with Gasteiger partial charge in [-0.2, -0.15) is 18.4 Å². The van der Waals surface area contributed by atoms with Gasteiger partial charge < -0.3 is 9.64 Å². The fourth-order valence-electron chi connectivity index (χ4n) is 4.46. The molecule has 2 heterocycles. The maximum atomic E-state index is 13.1. The molecule has 0 aromatic heterocycles. The summed E-state index contributed by atoms with van der Waals surface area (Å²) < 4.78 is 45.2. The van der Waals surface area contributed by atoms with E-state index >= 15 is 0 Å². The summed E-state index contributed by atoms with van der Waals surface area (Å²) >= 11 is 0. The van der Waals surface area contributed by atoms with Crippen molar-refractivity contribution in [1.29, 1.82) is 5.26 Å². The SMILES string of the molecule is N#Cc1ccc(O[C@H]2CC[C@H](N3CCC4=NCCC=C4C3=O)CC2)cc1C(F)(F)F. The van der Waals surface area contributed by atoms with Crippen molar-refractivity contribution in [2.45, 2.75) is 56.8 Å². The monoisotopic (exact) mass is 417 g/mol. The molecule has 2 fully saturated rings. The number of nitriles is 1. The molecule has 30 heavy (non-hydrogen) atoms. The second-order valence-corrected chi connectivity index (χ2v) is 7.85. The summed E-state index contributed by atoms with van der Waals surface area (Å²) in [4.78, 5) is 19.2. The molecule has 8 heteroatoms. The predicted molar refractivity (Wildman–Crippen MR) is 104 cm³/mol. The van der Waals surface area contributed by atoms with Crippen molar-refractivity contribution in [3.8, 4) is 11.8 Å². The van der Waals surface area contributed by atoms with Gasteiger partial charge in [0.15, 0.2) is 0 Å². The third-order valence-corrected chi connectivity index (χ3v) is 5.98. The Kier molecular flexibility index (Phi) is 5.54. The molecule has 1 aromatic carbocycles. The molecule has 1 saturated carbocycles. The number of amides is 1. The average molecular weight is 417 g/mol. The molecular formula is C22H22F3N3O2. The zero-order valence-electron chi connectivity index (χ0n) is 16.4. The van der Waals surface area contributed by atoms with Gasteiger partial charge in [0.1, 0.15) is 5.75 Å². The van der Waals surface area contributed by atoms with Crippen LogP contribution >= 0.6 is 0 Å². The van der Waals surface area contributed by atoms with Crippen molar-refractivity contribution in [3.05, 3.63) is 41.0 Å². The number of aliphatic imine (C=N–C) groups is 1. The van der Waals surface area contributed by atoms with Gasteiger partial charge in [0, 0.05) is 31.3 Å². The number of hydrogen-bond donors (Lipinski definition) is 0. The third-order valence-electron chi connectivity index (χ3n) is 5.98. The number of piperidine rings is 1. The number of carbonyl (C=O) groups is 1. The molecule has 1 aromatic rings. The lowest BCUT2D eigenvalue weighted by Crippen LogP contribution is -2.49. The summed E-state index contributed by atoms with van der Waals surface area (Å²) in [5.41, 5.74) is 0.263. The van der Waals surface area contributed by atoms with Crippen molar-refractivity contribution in [3.63, 3.8) is 0 Å². The molecule has 158 valence electrons. The molecule has 0 N–H and O–H groups in total. The summed E-state index contributed by atoms with van der Waals surface area (Å²) in [5.74, 6) is 0.165. The van der Waals surface area contributed by atoms with E-state index in [-0.39, 0.29) is 23.8 Å². The van der Waals surface area contributed by atoms with Crippen molar-refractivity contribution in [2.24, 2.45) is 4.99 Å². The Morgan fingerprint density at radius 3 is 2.67 bits per heavy atom. The number of dihydropyridines is 1. The van der Waals surface area contributed by atoms with Gasteiger partial charge in [0.25, 0.3) is 5.91 Å². The van der Waals surface area contributed by atoms with Gasteiger partial charge in [-0.15, -0.1) is 0 Å². The van der Waals surface area contributed by atoms with E-state index in [0.29, 0.717) is 19.4 Å². The Morgan fingerprint density at radius 1 is 1.20 bits per heavy atom. The number of rotatable bonds is 3. The van der Waals surface area contributed by atoms with Crippen molar-refractivity contribution < 1.29 is 22.7 Å². The number of alkyl halides is 3. The maximum Gasteiger partial charge on any atom is 0.417 e. The normalized spacial score (nSPS) is 24.5. The molecule has 1 aliphatic carbocycles. The number of benzene rings is 1. The van der Waals surface area contributed by atoms with E-state index in [9.17, 15) is 18.0 Å². The highest BCUT2D eigenvalue weighted by molar-refractivity contribution is 6.23. The van der Waals surface area contributed by atoms with Crippen molar-refractivity contribution >= 4 is 11.6 Å². The van der Waals surface area contributed by atoms with Gasteiger partial charge in [-0.3, -0.25) is 9.79 Å². The lowest BCUT2D eigenvalue weighted by Gasteiger charge is -2.40. The number of ether oxygens (including phenoxy) is 1. The Hall–Kier alpha value is -2.82. The van der Waals surface area contributed by atoms with Gasteiger partial charge in [-0.05, 0) is 50.3 Å². The number of likely N-dealkylation sites (tertiary alicyclic amines) is 1. The molecule has 0 bridgehead atoms. The topological polar surface area (TPSA) is 65.7 Å². The molecule has 4 rings (SSSR count). The molecule has 5 nitrogen and oxygen atoms in total. The smallest absolute Gasteiger partial charge is 0.417 e. The van der Waals surface area contributed by atoms with E-state index < -0.39 is 17.3 Å². The second kappa shape index (κ2) is 8.13. The summed E-state index contributed by atoms with van der Waals surface area (Å²) in [6.45, 7) is 1.41. The Balaban J connectivity index is 1.38. The van der Waals surface area contributed by atoms with Crippen LogP contribution < -0.4 is 4.74 Å². The van der Waals surface area contributed by atoms with Crippen LogP contribution in [0.15, 0.2) is 34.8 Å². The summed E-state index contributed by atoms with van der Waals surface area (Å²) in [6.07, 6.45) is 1.56. The van der Waals surface area contributed by atoms with Crippen LogP contribution in [0.2, 0.25) is 0 Å². The molecule has 0 atom stereocenters. The first-order chi connectivity index (χ1) is 14.4. The van der Waals surface area contributed by atoms with E-state index in [1.54, 1.807) is 6.07 Å². The number of carbonyl (C=O) groups excluding carboxylic acids is 1. The minimum atomic E-state index is -4.60. The average Bonchev–Trinajstić information content (AvgIpc) is 2.74. The highest BCUT2D eigenvalue weighted by atomic mass is 19.4. The summed E-state index contributed by atoms with van der Waals surface area (Å²) in [5, 5.41) is 8.91.